The molecule has 4 aromatic heterocycles. The van der Waals surface area contributed by atoms with Gasteiger partial charge in [-0.05, 0) is 24.4 Å². The smallest absolute Gasteiger partial charge is 0.380 e. The maximum absolute atomic E-state index is 15.1. The number of alkyl halides is 3. The van der Waals surface area contributed by atoms with Gasteiger partial charge < -0.3 is 20.0 Å². The molecule has 14 heteroatoms. The van der Waals surface area contributed by atoms with Crippen LogP contribution in [0.25, 0.3) is 22.6 Å². The van der Waals surface area contributed by atoms with E-state index in [1.54, 1.807) is 36.0 Å². The van der Waals surface area contributed by atoms with Crippen molar-refractivity contribution < 1.29 is 17.6 Å². The Hall–Kier alpha value is -4.13. The molecule has 0 amide bonds. The van der Waals surface area contributed by atoms with E-state index in [0.29, 0.717) is 33.5 Å². The van der Waals surface area contributed by atoms with Crippen LogP contribution in [0, 0.1) is 0 Å². The Kier molecular flexibility index (Phi) is 6.00. The van der Waals surface area contributed by atoms with Gasteiger partial charge in [0.2, 0.25) is 5.82 Å². The van der Waals surface area contributed by atoms with Crippen molar-refractivity contribution in [1.29, 1.82) is 0 Å². The van der Waals surface area contributed by atoms with Crippen molar-refractivity contribution in [2.24, 2.45) is 10.7 Å². The van der Waals surface area contributed by atoms with Crippen LogP contribution in [0.15, 0.2) is 58.7 Å². The van der Waals surface area contributed by atoms with Crippen molar-refractivity contribution in [3.8, 4) is 22.6 Å². The molecule has 1 aliphatic heterocycles. The summed E-state index contributed by atoms with van der Waals surface area (Å²) in [5.74, 6) is -4.27. The van der Waals surface area contributed by atoms with Crippen LogP contribution in [0.3, 0.4) is 0 Å². The zero-order valence-corrected chi connectivity index (χ0v) is 19.5. The molecule has 1 aliphatic rings. The number of anilines is 1. The van der Waals surface area contributed by atoms with Crippen LogP contribution in [0.2, 0.25) is 5.02 Å². The first-order valence-electron chi connectivity index (χ1n) is 10.6. The molecule has 0 radical (unpaired) electrons. The first kappa shape index (κ1) is 23.6. The van der Waals surface area contributed by atoms with Gasteiger partial charge in [0.05, 0.1) is 23.0 Å². The molecule has 10 nitrogen and oxygen atoms in total. The Morgan fingerprint density at radius 2 is 2.19 bits per heavy atom. The Morgan fingerprint density at radius 3 is 2.89 bits per heavy atom. The number of hydrogen-bond donors (Lipinski definition) is 2. The lowest BCUT2D eigenvalue weighted by Gasteiger charge is -2.27. The van der Waals surface area contributed by atoms with E-state index in [9.17, 15) is 4.39 Å². The molecular formula is C22H19ClF3N9O. The molecule has 0 saturated carbocycles. The van der Waals surface area contributed by atoms with Crippen molar-refractivity contribution in [3.05, 3.63) is 66.0 Å². The highest BCUT2D eigenvalue weighted by molar-refractivity contribution is 6.33. The van der Waals surface area contributed by atoms with Gasteiger partial charge in [0, 0.05) is 37.1 Å². The Bertz CT molecular complexity index is 1460. The number of rotatable bonds is 6. The lowest BCUT2D eigenvalue weighted by molar-refractivity contribution is -0.00192. The minimum Gasteiger partial charge on any atom is -0.443 e. The third-order valence-electron chi connectivity index (χ3n) is 5.67. The Labute approximate surface area is 207 Å². The second-order valence-electron chi connectivity index (χ2n) is 7.85. The SMILES string of the molecule is CN=C(C=CN)Nc1cc(-c2cc3n(c2)C[C@H](CF)n2c-3nnc2C(F)(F)c2ncco2)c(Cl)cn1. The molecule has 0 bridgehead atoms. The van der Waals surface area contributed by atoms with Gasteiger partial charge in [0.25, 0.3) is 5.89 Å². The first-order chi connectivity index (χ1) is 17.4. The van der Waals surface area contributed by atoms with Gasteiger partial charge in [-0.15, -0.1) is 10.2 Å². The van der Waals surface area contributed by atoms with Gasteiger partial charge in [0.15, 0.2) is 5.82 Å². The highest BCUT2D eigenvalue weighted by Crippen LogP contribution is 2.41. The van der Waals surface area contributed by atoms with Crippen molar-refractivity contribution >= 4 is 23.3 Å². The standard InChI is InChI=1S/C22H19ClF3N9O/c1-28-17(2-3-27)31-18-7-14(15(23)9-30-18)12-6-16-19-32-33-20(22(25,26)21-29-4-5-36-21)35(19)13(8-24)11-34(16)10-12/h2-7,9-10,13H,8,11,27H2,1H3,(H,28,30,31)/t13-/m0/s1. The number of amidine groups is 1. The molecular weight excluding hydrogens is 499 g/mol. The first-order valence-corrected chi connectivity index (χ1v) is 11.0. The molecule has 0 saturated heterocycles. The second-order valence-corrected chi connectivity index (χ2v) is 8.25. The zero-order chi connectivity index (χ0) is 25.4. The van der Waals surface area contributed by atoms with E-state index >= 15 is 8.78 Å². The van der Waals surface area contributed by atoms with Gasteiger partial charge in [0.1, 0.15) is 24.6 Å². The van der Waals surface area contributed by atoms with Gasteiger partial charge in [-0.3, -0.25) is 9.56 Å². The van der Waals surface area contributed by atoms with E-state index in [1.807, 2.05) is 0 Å². The number of nitrogens with zero attached hydrogens (tertiary/aromatic N) is 7. The van der Waals surface area contributed by atoms with Crippen LogP contribution < -0.4 is 11.1 Å². The molecule has 0 unspecified atom stereocenters. The Balaban J connectivity index is 1.57. The summed E-state index contributed by atoms with van der Waals surface area (Å²) in [6, 6.07) is 2.47. The molecule has 0 aromatic carbocycles. The van der Waals surface area contributed by atoms with Gasteiger partial charge in [-0.2, -0.15) is 8.78 Å². The zero-order valence-electron chi connectivity index (χ0n) is 18.7. The summed E-state index contributed by atoms with van der Waals surface area (Å²) in [6.07, 6.45) is 8.26. The van der Waals surface area contributed by atoms with Crippen LogP contribution in [0.1, 0.15) is 17.8 Å². The summed E-state index contributed by atoms with van der Waals surface area (Å²) in [7, 11) is 1.60. The molecule has 0 aliphatic carbocycles. The lowest BCUT2D eigenvalue weighted by Crippen LogP contribution is -2.30. The summed E-state index contributed by atoms with van der Waals surface area (Å²) >= 11 is 6.43. The number of hydrogen-bond acceptors (Lipinski definition) is 7. The van der Waals surface area contributed by atoms with Crippen molar-refractivity contribution in [1.82, 2.24) is 29.3 Å². The number of aliphatic imine (C=N–C) groups is 1. The number of halogens is 4. The average Bonchev–Trinajstić information content (AvgIpc) is 3.63. The fraction of sp³-hybridized carbons (Fsp3) is 0.227. The normalized spacial score (nSPS) is 15.8. The summed E-state index contributed by atoms with van der Waals surface area (Å²) in [5.41, 5.74) is 7.17. The minimum atomic E-state index is -3.70. The van der Waals surface area contributed by atoms with Gasteiger partial charge >= 0.3 is 5.92 Å². The number of fused-ring (bicyclic) bond motifs is 3. The van der Waals surface area contributed by atoms with Crippen LogP contribution in [0.4, 0.5) is 19.0 Å². The number of nitrogens with two attached hydrogens (primary N) is 1. The largest absolute Gasteiger partial charge is 0.443 e. The molecule has 186 valence electrons. The van der Waals surface area contributed by atoms with E-state index in [-0.39, 0.29) is 12.4 Å². The number of nitrogens with one attached hydrogen (secondary N) is 1. The predicted molar refractivity (Wildman–Crippen MR) is 127 cm³/mol. The minimum absolute atomic E-state index is 0.0767. The van der Waals surface area contributed by atoms with Crippen LogP contribution in [0.5, 0.6) is 0 Å². The molecule has 36 heavy (non-hydrogen) atoms. The van der Waals surface area contributed by atoms with E-state index < -0.39 is 30.4 Å². The van der Waals surface area contributed by atoms with E-state index in [0.717, 1.165) is 17.0 Å². The second kappa shape index (κ2) is 9.15. The van der Waals surface area contributed by atoms with E-state index in [2.05, 4.69) is 30.5 Å². The summed E-state index contributed by atoms with van der Waals surface area (Å²) < 4.78 is 51.9. The monoisotopic (exact) mass is 517 g/mol. The maximum Gasteiger partial charge on any atom is 0.380 e. The number of pyridine rings is 1. The molecule has 4 aromatic rings. The predicted octanol–water partition coefficient (Wildman–Crippen LogP) is 4.03. The highest BCUT2D eigenvalue weighted by Gasteiger charge is 2.47. The molecule has 5 heterocycles. The third kappa shape index (κ3) is 3.90. The molecule has 3 N–H and O–H groups in total. The molecule has 5 rings (SSSR count). The van der Waals surface area contributed by atoms with Crippen molar-refractivity contribution in [2.45, 2.75) is 18.5 Å². The van der Waals surface area contributed by atoms with E-state index in [1.165, 1.54) is 12.4 Å². The van der Waals surface area contributed by atoms with Gasteiger partial charge in [-0.25, -0.2) is 14.4 Å². The van der Waals surface area contributed by atoms with Crippen LogP contribution >= 0.6 is 11.6 Å². The van der Waals surface area contributed by atoms with Crippen molar-refractivity contribution in [2.75, 3.05) is 19.0 Å². The quantitative estimate of drug-likeness (QED) is 0.292. The summed E-state index contributed by atoms with van der Waals surface area (Å²) in [4.78, 5) is 11.9. The van der Waals surface area contributed by atoms with Crippen molar-refractivity contribution in [3.63, 3.8) is 0 Å². The number of aromatic nitrogens is 6. The maximum atomic E-state index is 15.1. The van der Waals surface area contributed by atoms with E-state index in [4.69, 9.17) is 21.8 Å². The third-order valence-corrected chi connectivity index (χ3v) is 5.97. The fourth-order valence-electron chi connectivity index (χ4n) is 4.05. The summed E-state index contributed by atoms with van der Waals surface area (Å²) in [6.45, 7) is -0.836. The number of oxazole rings is 1. The van der Waals surface area contributed by atoms with Crippen LogP contribution in [-0.2, 0) is 12.5 Å². The lowest BCUT2D eigenvalue weighted by atomic mass is 10.1. The highest BCUT2D eigenvalue weighted by atomic mass is 35.5. The topological polar surface area (TPSA) is 125 Å². The molecule has 0 fully saturated rings. The Morgan fingerprint density at radius 1 is 1.36 bits per heavy atom. The molecule has 1 atom stereocenters. The van der Waals surface area contributed by atoms with Gasteiger partial charge in [-0.1, -0.05) is 11.6 Å². The fourth-order valence-corrected chi connectivity index (χ4v) is 4.26. The average molecular weight is 518 g/mol. The summed E-state index contributed by atoms with van der Waals surface area (Å²) in [5, 5.41) is 11.1. The molecule has 0 spiro atoms. The van der Waals surface area contributed by atoms with Crippen LogP contribution in [-0.4, -0.2) is 48.9 Å².